The molecular weight excluding hydrogens is 368 g/mol. The number of carbonyl (C=O) groups excluding carboxylic acids is 1. The van der Waals surface area contributed by atoms with E-state index in [-0.39, 0.29) is 0 Å². The van der Waals surface area contributed by atoms with Gasteiger partial charge >= 0.3 is 0 Å². The summed E-state index contributed by atoms with van der Waals surface area (Å²) >= 11 is 1.71. The predicted molar refractivity (Wildman–Crippen MR) is 113 cm³/mol. The van der Waals surface area contributed by atoms with Gasteiger partial charge in [0.1, 0.15) is 17.4 Å². The lowest BCUT2D eigenvalue weighted by Gasteiger charge is -2.19. The van der Waals surface area contributed by atoms with E-state index in [1.807, 2.05) is 43.5 Å². The molecule has 0 amide bonds. The lowest BCUT2D eigenvalue weighted by Crippen LogP contribution is -2.14. The molecule has 4 rings (SSSR count). The van der Waals surface area contributed by atoms with Crippen molar-refractivity contribution in [1.82, 2.24) is 15.0 Å². The van der Waals surface area contributed by atoms with Gasteiger partial charge in [0.05, 0.1) is 15.6 Å². The van der Waals surface area contributed by atoms with E-state index < -0.39 is 0 Å². The van der Waals surface area contributed by atoms with E-state index in [2.05, 4.69) is 15.3 Å². The van der Waals surface area contributed by atoms with E-state index in [0.29, 0.717) is 11.7 Å². The molecule has 0 radical (unpaired) electrons. The Balaban J connectivity index is 1.40. The standard InChI is InChI=1S/C22H24N4OS/c1-15-11-12-23-21(13-15)26-20-4-2-3-18(25-20)19-14-24-22(28-19)10-7-16-5-8-17(27)9-6-16/h2-4,11-14,16H,5-10H2,1H3,(H,23,25,26). The van der Waals surface area contributed by atoms with Crippen LogP contribution in [0.25, 0.3) is 10.6 Å². The number of aryl methyl sites for hydroxylation is 2. The third kappa shape index (κ3) is 4.81. The minimum absolute atomic E-state index is 0.424. The second-order valence-corrected chi connectivity index (χ2v) is 8.51. The molecule has 1 aliphatic carbocycles. The number of Topliss-reactive ketones (excluding diaryl/α,β-unsaturated/α-hetero) is 1. The van der Waals surface area contributed by atoms with Crippen LogP contribution in [0.3, 0.4) is 0 Å². The molecule has 3 aromatic heterocycles. The molecule has 0 spiro atoms. The Morgan fingerprint density at radius 2 is 2.00 bits per heavy atom. The summed E-state index contributed by atoms with van der Waals surface area (Å²) < 4.78 is 0. The lowest BCUT2D eigenvalue weighted by atomic mass is 9.85. The molecule has 0 aromatic carbocycles. The Bertz CT molecular complexity index is 958. The smallest absolute Gasteiger partial charge is 0.132 e. The minimum Gasteiger partial charge on any atom is -0.325 e. The van der Waals surface area contributed by atoms with Crippen molar-refractivity contribution in [2.45, 2.75) is 45.4 Å². The molecule has 28 heavy (non-hydrogen) atoms. The van der Waals surface area contributed by atoms with Gasteiger partial charge in [-0.3, -0.25) is 4.79 Å². The summed E-state index contributed by atoms with van der Waals surface area (Å²) in [6, 6.07) is 9.93. The number of nitrogens with zero attached hydrogens (tertiary/aromatic N) is 3. The van der Waals surface area contributed by atoms with Gasteiger partial charge in [0.15, 0.2) is 0 Å². The monoisotopic (exact) mass is 392 g/mol. The number of carbonyl (C=O) groups is 1. The number of thiazole rings is 1. The summed E-state index contributed by atoms with van der Waals surface area (Å²) in [5, 5.41) is 4.41. The van der Waals surface area contributed by atoms with Crippen LogP contribution in [0.5, 0.6) is 0 Å². The number of pyridine rings is 2. The van der Waals surface area contributed by atoms with Crippen molar-refractivity contribution in [2.75, 3.05) is 5.32 Å². The molecule has 0 saturated heterocycles. The number of aromatic nitrogens is 3. The summed E-state index contributed by atoms with van der Waals surface area (Å²) in [6.07, 6.45) is 9.41. The first-order valence-corrected chi connectivity index (χ1v) is 10.6. The van der Waals surface area contributed by atoms with Gasteiger partial charge in [-0.15, -0.1) is 11.3 Å². The van der Waals surface area contributed by atoms with Gasteiger partial charge in [-0.05, 0) is 68.4 Å². The van der Waals surface area contributed by atoms with Crippen LogP contribution in [0, 0.1) is 12.8 Å². The number of ketones is 1. The zero-order valence-corrected chi connectivity index (χ0v) is 16.8. The molecule has 0 unspecified atom stereocenters. The predicted octanol–water partition coefficient (Wildman–Crippen LogP) is 5.34. The first kappa shape index (κ1) is 18.7. The van der Waals surface area contributed by atoms with Crippen LogP contribution in [-0.4, -0.2) is 20.7 Å². The fraction of sp³-hybridized carbons (Fsp3) is 0.364. The molecule has 1 saturated carbocycles. The number of nitrogens with one attached hydrogen (secondary N) is 1. The second-order valence-electron chi connectivity index (χ2n) is 7.39. The molecule has 0 atom stereocenters. The molecule has 0 bridgehead atoms. The third-order valence-corrected chi connectivity index (χ3v) is 6.24. The maximum Gasteiger partial charge on any atom is 0.132 e. The van der Waals surface area contributed by atoms with Crippen LogP contribution in [-0.2, 0) is 11.2 Å². The van der Waals surface area contributed by atoms with E-state index in [4.69, 9.17) is 4.98 Å². The fourth-order valence-electron chi connectivity index (χ4n) is 3.54. The lowest BCUT2D eigenvalue weighted by molar-refractivity contribution is -0.121. The number of hydrogen-bond acceptors (Lipinski definition) is 6. The summed E-state index contributed by atoms with van der Waals surface area (Å²) in [7, 11) is 0. The van der Waals surface area contributed by atoms with Gasteiger partial charge in [-0.25, -0.2) is 15.0 Å². The van der Waals surface area contributed by atoms with Gasteiger partial charge in [-0.2, -0.15) is 0 Å². The summed E-state index contributed by atoms with van der Waals surface area (Å²) in [5.41, 5.74) is 2.08. The van der Waals surface area contributed by atoms with Crippen molar-refractivity contribution in [3.63, 3.8) is 0 Å². The number of rotatable bonds is 6. The zero-order chi connectivity index (χ0) is 19.3. The quantitative estimate of drug-likeness (QED) is 0.613. The van der Waals surface area contributed by atoms with E-state index in [1.165, 1.54) is 0 Å². The van der Waals surface area contributed by atoms with E-state index >= 15 is 0 Å². The Labute approximate surface area is 169 Å². The fourth-order valence-corrected chi connectivity index (χ4v) is 4.44. The first-order valence-electron chi connectivity index (χ1n) is 9.79. The highest BCUT2D eigenvalue weighted by atomic mass is 32.1. The molecule has 1 N–H and O–H groups in total. The van der Waals surface area contributed by atoms with E-state index in [1.54, 1.807) is 17.5 Å². The summed E-state index contributed by atoms with van der Waals surface area (Å²) in [6.45, 7) is 2.04. The van der Waals surface area contributed by atoms with Gasteiger partial charge in [0.2, 0.25) is 0 Å². The molecule has 6 heteroatoms. The zero-order valence-electron chi connectivity index (χ0n) is 16.0. The highest BCUT2D eigenvalue weighted by Crippen LogP contribution is 2.30. The van der Waals surface area contributed by atoms with E-state index in [9.17, 15) is 4.79 Å². The first-order chi connectivity index (χ1) is 13.7. The summed E-state index contributed by atoms with van der Waals surface area (Å²) in [5.74, 6) is 2.66. The SMILES string of the molecule is Cc1ccnc(Nc2cccc(-c3cnc(CCC4CCC(=O)CC4)s3)n2)c1. The topological polar surface area (TPSA) is 67.8 Å². The second kappa shape index (κ2) is 8.61. The Morgan fingerprint density at radius 3 is 2.82 bits per heavy atom. The number of anilines is 2. The molecule has 1 fully saturated rings. The average molecular weight is 393 g/mol. The van der Waals surface area contributed by atoms with Gasteiger partial charge < -0.3 is 5.32 Å². The number of hydrogen-bond donors (Lipinski definition) is 1. The normalized spacial score (nSPS) is 15.0. The highest BCUT2D eigenvalue weighted by molar-refractivity contribution is 7.15. The molecule has 3 aromatic rings. The van der Waals surface area contributed by atoms with Crippen molar-refractivity contribution in [1.29, 1.82) is 0 Å². The molecule has 5 nitrogen and oxygen atoms in total. The molecule has 3 heterocycles. The van der Waals surface area contributed by atoms with Gasteiger partial charge in [0, 0.05) is 25.2 Å². The van der Waals surface area contributed by atoms with Crippen LogP contribution in [0.2, 0.25) is 0 Å². The third-order valence-electron chi connectivity index (χ3n) is 5.16. The Hall–Kier alpha value is -2.60. The molecular formula is C22H24N4OS. The van der Waals surface area contributed by atoms with E-state index in [0.717, 1.165) is 71.3 Å². The van der Waals surface area contributed by atoms with Crippen LogP contribution in [0.15, 0.2) is 42.7 Å². The Kier molecular flexibility index (Phi) is 5.76. The van der Waals surface area contributed by atoms with Crippen molar-refractivity contribution < 1.29 is 4.79 Å². The van der Waals surface area contributed by atoms with Crippen LogP contribution < -0.4 is 5.32 Å². The largest absolute Gasteiger partial charge is 0.325 e. The molecule has 0 aliphatic heterocycles. The average Bonchev–Trinajstić information content (AvgIpc) is 3.17. The van der Waals surface area contributed by atoms with Crippen molar-refractivity contribution in [3.8, 4) is 10.6 Å². The minimum atomic E-state index is 0.424. The van der Waals surface area contributed by atoms with Crippen LogP contribution >= 0.6 is 11.3 Å². The molecule has 1 aliphatic rings. The van der Waals surface area contributed by atoms with Gasteiger partial charge in [0.25, 0.3) is 0 Å². The summed E-state index contributed by atoms with van der Waals surface area (Å²) in [4.78, 5) is 26.1. The Morgan fingerprint density at radius 1 is 1.14 bits per heavy atom. The maximum atomic E-state index is 11.4. The van der Waals surface area contributed by atoms with Gasteiger partial charge in [-0.1, -0.05) is 6.07 Å². The van der Waals surface area contributed by atoms with Crippen LogP contribution in [0.1, 0.15) is 42.7 Å². The highest BCUT2D eigenvalue weighted by Gasteiger charge is 2.19. The van der Waals surface area contributed by atoms with Crippen molar-refractivity contribution >= 4 is 28.8 Å². The van der Waals surface area contributed by atoms with Crippen molar-refractivity contribution in [3.05, 3.63) is 53.3 Å². The van der Waals surface area contributed by atoms with Crippen molar-refractivity contribution in [2.24, 2.45) is 5.92 Å². The molecule has 144 valence electrons. The maximum absolute atomic E-state index is 11.4. The van der Waals surface area contributed by atoms with Crippen LogP contribution in [0.4, 0.5) is 11.6 Å².